The number of nitrogens with two attached hydrogens (primary N) is 1. The van der Waals surface area contributed by atoms with E-state index in [0.29, 0.717) is 28.9 Å². The molecule has 1 aliphatic rings. The van der Waals surface area contributed by atoms with Gasteiger partial charge in [-0.05, 0) is 101 Å². The lowest BCUT2D eigenvalue weighted by Gasteiger charge is -2.34. The average Bonchev–Trinajstić information content (AvgIpc) is 3.64. The molecule has 3 aromatic carbocycles. The van der Waals surface area contributed by atoms with Crippen LogP contribution in [0.2, 0.25) is 0 Å². The van der Waals surface area contributed by atoms with E-state index in [1.165, 1.54) is 12.0 Å². The Kier molecular flexibility index (Phi) is 14.7. The van der Waals surface area contributed by atoms with Gasteiger partial charge in [0.1, 0.15) is 29.5 Å². The molecule has 0 aliphatic carbocycles. The number of amides is 3. The highest BCUT2D eigenvalue weighted by atomic mass is 32.2. The van der Waals surface area contributed by atoms with Crippen LogP contribution in [0.1, 0.15) is 80.2 Å². The molecular formula is C41H54N6O9S. The summed E-state index contributed by atoms with van der Waals surface area (Å²) in [7, 11) is -2.61. The summed E-state index contributed by atoms with van der Waals surface area (Å²) in [6.07, 6.45) is 0.0125. The van der Waals surface area contributed by atoms with Crippen LogP contribution in [0.15, 0.2) is 76.6 Å². The zero-order valence-corrected chi connectivity index (χ0v) is 34.3. The first-order chi connectivity index (χ1) is 26.8. The van der Waals surface area contributed by atoms with E-state index in [4.69, 9.17) is 15.2 Å². The minimum atomic E-state index is -4.11. The van der Waals surface area contributed by atoms with E-state index in [2.05, 4.69) is 20.3 Å². The Hall–Kier alpha value is -5.64. The maximum absolute atomic E-state index is 14.6. The van der Waals surface area contributed by atoms with Gasteiger partial charge in [0.05, 0.1) is 12.0 Å². The lowest BCUT2D eigenvalue weighted by molar-refractivity contribution is -0.144. The van der Waals surface area contributed by atoms with Crippen LogP contribution < -0.4 is 25.8 Å². The first kappa shape index (κ1) is 44.1. The number of guanidine groups is 1. The van der Waals surface area contributed by atoms with E-state index in [9.17, 15) is 32.7 Å². The van der Waals surface area contributed by atoms with Crippen molar-refractivity contribution in [2.24, 2.45) is 10.7 Å². The molecule has 3 aromatic rings. The summed E-state index contributed by atoms with van der Waals surface area (Å²) >= 11 is 0. The summed E-state index contributed by atoms with van der Waals surface area (Å²) in [5.74, 6) is -2.96. The highest BCUT2D eigenvalue weighted by molar-refractivity contribution is 7.90. The number of carbonyl (C=O) groups excluding carboxylic acids is 3. The second kappa shape index (κ2) is 19.0. The van der Waals surface area contributed by atoms with Crippen molar-refractivity contribution in [3.8, 4) is 5.75 Å². The van der Waals surface area contributed by atoms with Crippen molar-refractivity contribution in [2.75, 3.05) is 20.2 Å². The molecule has 6 N–H and O–H groups in total. The highest BCUT2D eigenvalue weighted by Crippen LogP contribution is 2.32. The quantitative estimate of drug-likeness (QED) is 0.0834. The van der Waals surface area contributed by atoms with Crippen LogP contribution in [0, 0.1) is 20.8 Å². The van der Waals surface area contributed by atoms with Crippen LogP contribution in [0.25, 0.3) is 0 Å². The maximum atomic E-state index is 14.6. The number of hydrogen-bond acceptors (Lipinski definition) is 9. The highest BCUT2D eigenvalue weighted by Gasteiger charge is 2.42. The Balaban J connectivity index is 1.48. The number of ether oxygens (including phenoxy) is 2. The fourth-order valence-electron chi connectivity index (χ4n) is 6.99. The minimum absolute atomic E-state index is 0.0416. The Morgan fingerprint density at radius 2 is 1.56 bits per heavy atom. The molecule has 1 heterocycles. The predicted molar refractivity (Wildman–Crippen MR) is 215 cm³/mol. The predicted octanol–water partition coefficient (Wildman–Crippen LogP) is 4.28. The summed E-state index contributed by atoms with van der Waals surface area (Å²) in [5.41, 5.74) is 8.20. The van der Waals surface area contributed by atoms with E-state index >= 15 is 0 Å². The molecular weight excluding hydrogens is 753 g/mol. The number of methoxy groups -OCH3 is 1. The molecule has 15 nitrogen and oxygen atoms in total. The standard InChI is InChI=1S/C41H54N6O9S/c1-25-24-32(55-7)26(2)27(3)35(25)57(53,54)46-39(42)43-22-14-20-30(38(50)51)44-36(48)31-21-15-23-47(31)37(49)34(45-40(52)56-41(4,5)6)33(28-16-10-8-11-17-28)29-18-12-9-13-19-29/h8-13,16-19,24,30-31,33-34H,14-15,20-23H2,1-7H3,(H,44,48)(H,45,52)(H,50,51)(H3,42,43,46)/t30-,31-,34?/m0/s1. The molecule has 0 aromatic heterocycles. The number of rotatable bonds is 15. The molecule has 1 saturated heterocycles. The summed E-state index contributed by atoms with van der Waals surface area (Å²) < 4.78 is 39.6. The molecule has 1 unspecified atom stereocenters. The van der Waals surface area contributed by atoms with Crippen LogP contribution in [0.3, 0.4) is 0 Å². The molecule has 0 radical (unpaired) electrons. The van der Waals surface area contributed by atoms with Crippen LogP contribution >= 0.6 is 0 Å². The average molecular weight is 807 g/mol. The fraction of sp³-hybridized carbons (Fsp3) is 0.439. The number of carboxylic acids is 1. The SMILES string of the molecule is COc1cc(C)c(S(=O)(=O)NC(N)=NCCC[C@H](NC(=O)[C@@H]2CCCN2C(=O)C(NC(=O)OC(C)(C)C)C(c2ccccc2)c2ccccc2)C(=O)O)c(C)c1C. The Morgan fingerprint density at radius 1 is 0.965 bits per heavy atom. The van der Waals surface area contributed by atoms with Gasteiger partial charge in [-0.3, -0.25) is 14.6 Å². The van der Waals surface area contributed by atoms with Crippen molar-refractivity contribution in [3.63, 3.8) is 0 Å². The first-order valence-corrected chi connectivity index (χ1v) is 20.2. The number of likely N-dealkylation sites (tertiary alicyclic amines) is 1. The minimum Gasteiger partial charge on any atom is -0.496 e. The number of benzene rings is 3. The second-order valence-corrected chi connectivity index (χ2v) is 16.6. The molecule has 308 valence electrons. The smallest absolute Gasteiger partial charge is 0.408 e. The van der Waals surface area contributed by atoms with Gasteiger partial charge in [0.15, 0.2) is 0 Å². The maximum Gasteiger partial charge on any atom is 0.408 e. The number of sulfonamides is 1. The molecule has 0 saturated carbocycles. The second-order valence-electron chi connectivity index (χ2n) is 15.0. The summed E-state index contributed by atoms with van der Waals surface area (Å²) in [6.45, 7) is 10.4. The van der Waals surface area contributed by atoms with Gasteiger partial charge in [-0.2, -0.15) is 0 Å². The zero-order chi connectivity index (χ0) is 42.1. The number of alkyl carbamates (subject to hydrolysis) is 1. The van der Waals surface area contributed by atoms with Crippen LogP contribution in [-0.4, -0.2) is 92.2 Å². The number of carboxylic acid groups (broad SMARTS) is 1. The Labute approximate surface area is 334 Å². The van der Waals surface area contributed by atoms with Crippen molar-refractivity contribution < 1.29 is 42.2 Å². The third-order valence-corrected chi connectivity index (χ3v) is 11.3. The van der Waals surface area contributed by atoms with Crippen molar-refractivity contribution in [2.45, 2.75) is 102 Å². The van der Waals surface area contributed by atoms with E-state index in [1.807, 2.05) is 60.7 Å². The Morgan fingerprint density at radius 3 is 2.11 bits per heavy atom. The molecule has 3 amide bonds. The lowest BCUT2D eigenvalue weighted by Crippen LogP contribution is -2.57. The van der Waals surface area contributed by atoms with Gasteiger partial charge < -0.3 is 35.8 Å². The summed E-state index contributed by atoms with van der Waals surface area (Å²) in [4.78, 5) is 59.4. The molecule has 4 rings (SSSR count). The lowest BCUT2D eigenvalue weighted by atomic mass is 9.84. The van der Waals surface area contributed by atoms with Crippen molar-refractivity contribution in [1.82, 2.24) is 20.3 Å². The number of hydrogen-bond donors (Lipinski definition) is 5. The first-order valence-electron chi connectivity index (χ1n) is 18.7. The van der Waals surface area contributed by atoms with Crippen LogP contribution in [0.4, 0.5) is 4.79 Å². The van der Waals surface area contributed by atoms with Gasteiger partial charge in [-0.15, -0.1) is 0 Å². The molecule has 1 aliphatic heterocycles. The number of carbonyl (C=O) groups is 4. The van der Waals surface area contributed by atoms with E-state index < -0.39 is 63.5 Å². The van der Waals surface area contributed by atoms with Gasteiger partial charge in [0, 0.05) is 19.0 Å². The van der Waals surface area contributed by atoms with E-state index in [0.717, 1.165) is 11.1 Å². The Bertz CT molecular complexity index is 2010. The number of aryl methyl sites for hydroxylation is 1. The van der Waals surface area contributed by atoms with E-state index in [1.54, 1.807) is 47.6 Å². The molecule has 16 heteroatoms. The molecule has 0 spiro atoms. The van der Waals surface area contributed by atoms with E-state index in [-0.39, 0.29) is 43.2 Å². The van der Waals surface area contributed by atoms with Crippen LogP contribution in [-0.2, 0) is 29.1 Å². The zero-order valence-electron chi connectivity index (χ0n) is 33.5. The van der Waals surface area contributed by atoms with Crippen molar-refractivity contribution >= 4 is 39.9 Å². The monoisotopic (exact) mass is 806 g/mol. The summed E-state index contributed by atoms with van der Waals surface area (Å²) in [5, 5.41) is 15.4. The van der Waals surface area contributed by atoms with Gasteiger partial charge in [-0.25, -0.2) is 22.7 Å². The number of nitrogens with zero attached hydrogens (tertiary/aromatic N) is 2. The largest absolute Gasteiger partial charge is 0.496 e. The third kappa shape index (κ3) is 11.5. The van der Waals surface area contributed by atoms with Gasteiger partial charge in [-0.1, -0.05) is 60.7 Å². The molecule has 3 atom stereocenters. The van der Waals surface area contributed by atoms with Gasteiger partial charge >= 0.3 is 12.1 Å². The molecule has 1 fully saturated rings. The normalized spacial score (nSPS) is 15.8. The van der Waals surface area contributed by atoms with Crippen molar-refractivity contribution in [1.29, 1.82) is 0 Å². The topological polar surface area (TPSA) is 219 Å². The number of nitrogens with one attached hydrogen (secondary N) is 3. The van der Waals surface area contributed by atoms with Gasteiger partial charge in [0.2, 0.25) is 17.8 Å². The number of aliphatic imine (C=N–C) groups is 1. The van der Waals surface area contributed by atoms with Crippen LogP contribution in [0.5, 0.6) is 5.75 Å². The number of aliphatic carboxylic acids is 1. The fourth-order valence-corrected chi connectivity index (χ4v) is 8.47. The summed E-state index contributed by atoms with van der Waals surface area (Å²) in [6, 6.07) is 16.6. The molecule has 0 bridgehead atoms. The van der Waals surface area contributed by atoms with Crippen molar-refractivity contribution in [3.05, 3.63) is 94.5 Å². The van der Waals surface area contributed by atoms with Gasteiger partial charge in [0.25, 0.3) is 10.0 Å². The molecule has 57 heavy (non-hydrogen) atoms. The third-order valence-electron chi connectivity index (χ3n) is 9.68.